The van der Waals surface area contributed by atoms with E-state index >= 15 is 0 Å². The van der Waals surface area contributed by atoms with E-state index in [1.165, 1.54) is 4.90 Å². The Morgan fingerprint density at radius 1 is 0.587 bits per heavy atom. The second-order valence-electron chi connectivity index (χ2n) is 10.2. The number of carbonyl (C=O) groups excluding carboxylic acids is 5. The van der Waals surface area contributed by atoms with Gasteiger partial charge >= 0.3 is 5.97 Å². The minimum Gasteiger partial charge on any atom is -0.480 e. The number of carboxylic acid groups (broad SMARTS) is 1. The predicted molar refractivity (Wildman–Crippen MR) is 187 cm³/mol. The van der Waals surface area contributed by atoms with Gasteiger partial charge in [-0.3, -0.25) is 24.0 Å². The first-order valence-electron chi connectivity index (χ1n) is 16.2. The predicted octanol–water partition coefficient (Wildman–Crippen LogP) is 2.44. The van der Waals surface area contributed by atoms with Crippen molar-refractivity contribution in [2.75, 3.05) is 75.5 Å². The van der Waals surface area contributed by atoms with Crippen molar-refractivity contribution in [1.29, 1.82) is 0 Å². The molecule has 0 aromatic heterocycles. The second kappa shape index (κ2) is 31.4. The van der Waals surface area contributed by atoms with Gasteiger partial charge in [0.25, 0.3) is 0 Å². The summed E-state index contributed by atoms with van der Waals surface area (Å²) in [7, 11) is 3.43. The molecule has 0 saturated heterocycles. The normalized spacial score (nSPS) is 10.7. The molecule has 5 amide bonds. The summed E-state index contributed by atoms with van der Waals surface area (Å²) in [5.74, 6) is 1.79. The van der Waals surface area contributed by atoms with Crippen molar-refractivity contribution in [3.05, 3.63) is 0 Å². The Hall–Kier alpha value is -2.17. The molecule has 46 heavy (non-hydrogen) atoms. The zero-order valence-corrected chi connectivity index (χ0v) is 30.0. The molecular formula is C30H55N5O8S3. The molecule has 0 unspecified atom stereocenters. The lowest BCUT2D eigenvalue weighted by atomic mass is 10.2. The van der Waals surface area contributed by atoms with Crippen LogP contribution in [0.4, 0.5) is 0 Å². The maximum absolute atomic E-state index is 12.6. The van der Waals surface area contributed by atoms with E-state index < -0.39 is 25.1 Å². The number of unbranched alkanes of at least 4 members (excludes halogenated alkanes) is 4. The van der Waals surface area contributed by atoms with Gasteiger partial charge in [0, 0.05) is 82.2 Å². The number of nitrogens with zero attached hydrogens (tertiary/aromatic N) is 1. The van der Waals surface area contributed by atoms with Gasteiger partial charge in [0.15, 0.2) is 0 Å². The SMILES string of the molecule is CCSCCC(=O)NCCCCCC(=O)NCCN(CCNC(=O)CCCCCNC(=O)CCSSCC)C(=O)COCC(=O)O. The third kappa shape index (κ3) is 29.2. The monoisotopic (exact) mass is 709 g/mol. The molecule has 0 heterocycles. The minimum atomic E-state index is -1.18. The largest absolute Gasteiger partial charge is 0.480 e. The lowest BCUT2D eigenvalue weighted by molar-refractivity contribution is -0.146. The summed E-state index contributed by atoms with van der Waals surface area (Å²) in [5, 5.41) is 20.1. The number of carboxylic acids is 1. The molecule has 16 heteroatoms. The number of amides is 5. The molecule has 0 aliphatic carbocycles. The van der Waals surface area contributed by atoms with E-state index in [-0.39, 0.29) is 49.8 Å². The molecule has 5 N–H and O–H groups in total. The van der Waals surface area contributed by atoms with Gasteiger partial charge in [-0.15, -0.1) is 0 Å². The summed E-state index contributed by atoms with van der Waals surface area (Å²) in [5.41, 5.74) is 0. The van der Waals surface area contributed by atoms with Crippen LogP contribution in [0.3, 0.4) is 0 Å². The quantitative estimate of drug-likeness (QED) is 0.0527. The number of carbonyl (C=O) groups is 6. The minimum absolute atomic E-state index is 0.0416. The Kier molecular flexibility index (Phi) is 29.9. The van der Waals surface area contributed by atoms with Crippen LogP contribution < -0.4 is 21.3 Å². The Balaban J connectivity index is 4.23. The first kappa shape index (κ1) is 43.8. The van der Waals surface area contributed by atoms with E-state index in [9.17, 15) is 28.8 Å². The summed E-state index contributed by atoms with van der Waals surface area (Å²) >= 11 is 1.73. The first-order chi connectivity index (χ1) is 22.2. The molecule has 0 aromatic carbocycles. The van der Waals surface area contributed by atoms with Gasteiger partial charge in [-0.25, -0.2) is 4.79 Å². The highest BCUT2D eigenvalue weighted by atomic mass is 33.1. The molecular weight excluding hydrogens is 655 g/mol. The van der Waals surface area contributed by atoms with Gasteiger partial charge < -0.3 is 36.0 Å². The molecule has 0 fully saturated rings. The van der Waals surface area contributed by atoms with Crippen LogP contribution in [0.2, 0.25) is 0 Å². The van der Waals surface area contributed by atoms with Crippen molar-refractivity contribution < 1.29 is 38.6 Å². The zero-order chi connectivity index (χ0) is 34.3. The molecule has 0 spiro atoms. The van der Waals surface area contributed by atoms with Crippen molar-refractivity contribution in [1.82, 2.24) is 26.2 Å². The number of nitrogens with one attached hydrogen (secondary N) is 4. The van der Waals surface area contributed by atoms with Crippen LogP contribution >= 0.6 is 33.3 Å². The Bertz CT molecular complexity index is 885. The van der Waals surface area contributed by atoms with Gasteiger partial charge in [0.05, 0.1) is 0 Å². The van der Waals surface area contributed by atoms with Crippen LogP contribution in [0.15, 0.2) is 0 Å². The highest BCUT2D eigenvalue weighted by Gasteiger charge is 2.15. The Morgan fingerprint density at radius 3 is 1.59 bits per heavy atom. The van der Waals surface area contributed by atoms with Crippen molar-refractivity contribution in [3.8, 4) is 0 Å². The van der Waals surface area contributed by atoms with Crippen LogP contribution in [0.25, 0.3) is 0 Å². The summed E-state index contributed by atoms with van der Waals surface area (Å²) in [6, 6.07) is 0. The Labute approximate surface area is 286 Å². The van der Waals surface area contributed by atoms with Gasteiger partial charge in [-0.1, -0.05) is 48.3 Å². The topological polar surface area (TPSA) is 183 Å². The van der Waals surface area contributed by atoms with E-state index in [1.807, 2.05) is 0 Å². The van der Waals surface area contributed by atoms with E-state index in [4.69, 9.17) is 9.84 Å². The summed E-state index contributed by atoms with van der Waals surface area (Å²) in [6.07, 6.45) is 6.21. The highest BCUT2D eigenvalue weighted by Crippen LogP contribution is 2.20. The van der Waals surface area contributed by atoms with E-state index in [0.717, 1.165) is 48.7 Å². The second-order valence-corrected chi connectivity index (χ2v) is 14.5. The molecule has 0 aliphatic heterocycles. The molecule has 0 aromatic rings. The van der Waals surface area contributed by atoms with E-state index in [2.05, 4.69) is 35.1 Å². The number of aliphatic carboxylic acids is 1. The molecule has 0 saturated carbocycles. The van der Waals surface area contributed by atoms with Gasteiger partial charge in [-0.2, -0.15) is 11.8 Å². The van der Waals surface area contributed by atoms with Crippen LogP contribution in [-0.2, 0) is 33.5 Å². The van der Waals surface area contributed by atoms with E-state index in [1.54, 1.807) is 33.3 Å². The van der Waals surface area contributed by atoms with Crippen molar-refractivity contribution >= 4 is 68.9 Å². The Morgan fingerprint density at radius 2 is 1.09 bits per heavy atom. The standard InChI is InChI=1S/C30H55N5O8S3/c1-3-44-21-13-27(38)31-15-9-5-7-11-25(36)33-17-19-35(29(40)23-43-24-30(41)42)20-18-34-26(37)12-8-6-10-16-32-28(39)14-22-46-45-4-2/h3-24H2,1-2H3,(H,31,38)(H,32,39)(H,33,36)(H,34,37)(H,41,42). The lowest BCUT2D eigenvalue weighted by Gasteiger charge is -2.23. The third-order valence-corrected chi connectivity index (χ3v) is 9.69. The summed E-state index contributed by atoms with van der Waals surface area (Å²) in [4.78, 5) is 72.7. The fourth-order valence-electron chi connectivity index (χ4n) is 3.91. The lowest BCUT2D eigenvalue weighted by Crippen LogP contribution is -2.44. The fraction of sp³-hybridized carbons (Fsp3) is 0.800. The molecule has 0 radical (unpaired) electrons. The maximum Gasteiger partial charge on any atom is 0.329 e. The van der Waals surface area contributed by atoms with Crippen LogP contribution in [0, 0.1) is 0 Å². The first-order valence-corrected chi connectivity index (χ1v) is 19.8. The van der Waals surface area contributed by atoms with Crippen molar-refractivity contribution in [2.45, 2.75) is 78.1 Å². The van der Waals surface area contributed by atoms with Crippen LogP contribution in [0.1, 0.15) is 78.1 Å². The number of thioether (sulfide) groups is 1. The zero-order valence-electron chi connectivity index (χ0n) is 27.5. The summed E-state index contributed by atoms with van der Waals surface area (Å²) in [6.45, 7) is 5.06. The van der Waals surface area contributed by atoms with Crippen LogP contribution in [0.5, 0.6) is 0 Å². The van der Waals surface area contributed by atoms with Gasteiger partial charge in [-0.05, 0) is 31.4 Å². The van der Waals surface area contributed by atoms with Crippen LogP contribution in [-0.4, -0.2) is 121 Å². The number of rotatable bonds is 31. The van der Waals surface area contributed by atoms with Crippen molar-refractivity contribution in [2.24, 2.45) is 0 Å². The number of hydrogen-bond acceptors (Lipinski definition) is 10. The number of hydrogen-bond donors (Lipinski definition) is 5. The van der Waals surface area contributed by atoms with E-state index in [0.29, 0.717) is 51.6 Å². The highest BCUT2D eigenvalue weighted by molar-refractivity contribution is 8.76. The van der Waals surface area contributed by atoms with Crippen molar-refractivity contribution in [3.63, 3.8) is 0 Å². The molecule has 0 aliphatic rings. The molecule has 0 bridgehead atoms. The average molecular weight is 710 g/mol. The van der Waals surface area contributed by atoms with Gasteiger partial charge in [0.2, 0.25) is 29.5 Å². The molecule has 266 valence electrons. The third-order valence-electron chi connectivity index (χ3n) is 6.31. The number of ether oxygens (including phenoxy) is 1. The molecule has 0 rings (SSSR count). The summed E-state index contributed by atoms with van der Waals surface area (Å²) < 4.78 is 4.93. The molecule has 0 atom stereocenters. The maximum atomic E-state index is 12.6. The average Bonchev–Trinajstić information content (AvgIpc) is 3.01. The fourth-order valence-corrected chi connectivity index (χ4v) is 6.18. The smallest absolute Gasteiger partial charge is 0.329 e. The molecule has 13 nitrogen and oxygen atoms in total. The van der Waals surface area contributed by atoms with Gasteiger partial charge in [0.1, 0.15) is 13.2 Å².